The van der Waals surface area contributed by atoms with Crippen molar-refractivity contribution in [3.8, 4) is 0 Å². The van der Waals surface area contributed by atoms with E-state index in [0.717, 1.165) is 51.7 Å². The Morgan fingerprint density at radius 1 is 1.08 bits per heavy atom. The highest BCUT2D eigenvalue weighted by atomic mass is 16.2. The number of hydrogen-bond acceptors (Lipinski definition) is 3. The van der Waals surface area contributed by atoms with Gasteiger partial charge in [-0.2, -0.15) is 0 Å². The smallest absolute Gasteiger partial charge is 0.237 e. The molecule has 3 rings (SSSR count). The highest BCUT2D eigenvalue weighted by Gasteiger charge is 2.27. The van der Waals surface area contributed by atoms with Crippen molar-refractivity contribution in [2.75, 3.05) is 39.3 Å². The summed E-state index contributed by atoms with van der Waals surface area (Å²) in [4.78, 5) is 19.9. The summed E-state index contributed by atoms with van der Waals surface area (Å²) in [6.45, 7) is 10.7. The maximum Gasteiger partial charge on any atom is 0.237 e. The average Bonchev–Trinajstić information content (AvgIpc) is 3.18. The van der Waals surface area contributed by atoms with Gasteiger partial charge < -0.3 is 4.90 Å². The minimum absolute atomic E-state index is 0.279. The van der Waals surface area contributed by atoms with Crippen molar-refractivity contribution < 1.29 is 4.79 Å². The summed E-state index contributed by atoms with van der Waals surface area (Å²) in [6.07, 6.45) is 6.55. The Balaban J connectivity index is 1.49. The zero-order valence-corrected chi connectivity index (χ0v) is 16.6. The van der Waals surface area contributed by atoms with E-state index in [0.29, 0.717) is 6.54 Å². The SMILES string of the molecule is CCCN(Cc1ccc(C)cc1)C(=O)CN1CCN(C2CCCC2)CC1. The Morgan fingerprint density at radius 3 is 2.35 bits per heavy atom. The molecule has 0 radical (unpaired) electrons. The van der Waals surface area contributed by atoms with Gasteiger partial charge in [-0.3, -0.25) is 14.6 Å². The summed E-state index contributed by atoms with van der Waals surface area (Å²) in [6, 6.07) is 9.36. The summed E-state index contributed by atoms with van der Waals surface area (Å²) in [5, 5.41) is 0. The van der Waals surface area contributed by atoms with Gasteiger partial charge in [0, 0.05) is 45.3 Å². The molecule has 144 valence electrons. The molecule has 1 saturated carbocycles. The average molecular weight is 358 g/mol. The first kappa shape index (κ1) is 19.4. The van der Waals surface area contributed by atoms with E-state index in [9.17, 15) is 4.79 Å². The number of hydrogen-bond donors (Lipinski definition) is 0. The van der Waals surface area contributed by atoms with E-state index in [-0.39, 0.29) is 5.91 Å². The first-order valence-electron chi connectivity index (χ1n) is 10.5. The van der Waals surface area contributed by atoms with Gasteiger partial charge in [-0.15, -0.1) is 0 Å². The Kier molecular flexibility index (Phi) is 7.09. The quantitative estimate of drug-likeness (QED) is 0.749. The molecule has 0 N–H and O–H groups in total. The van der Waals surface area contributed by atoms with Crippen LogP contribution in [0.4, 0.5) is 0 Å². The largest absolute Gasteiger partial charge is 0.337 e. The van der Waals surface area contributed by atoms with Crippen molar-refractivity contribution in [3.63, 3.8) is 0 Å². The molecule has 4 nitrogen and oxygen atoms in total. The lowest BCUT2D eigenvalue weighted by Crippen LogP contribution is -2.52. The van der Waals surface area contributed by atoms with Crippen LogP contribution in [0.15, 0.2) is 24.3 Å². The van der Waals surface area contributed by atoms with Gasteiger partial charge in [0.25, 0.3) is 0 Å². The van der Waals surface area contributed by atoms with Gasteiger partial charge in [-0.25, -0.2) is 0 Å². The molecule has 0 aromatic heterocycles. The van der Waals surface area contributed by atoms with E-state index in [1.165, 1.54) is 36.8 Å². The number of piperazine rings is 1. The molecule has 1 amide bonds. The van der Waals surface area contributed by atoms with E-state index in [1.807, 2.05) is 4.90 Å². The highest BCUT2D eigenvalue weighted by Crippen LogP contribution is 2.24. The molecule has 1 aromatic carbocycles. The first-order chi connectivity index (χ1) is 12.7. The fourth-order valence-corrected chi connectivity index (χ4v) is 4.32. The second kappa shape index (κ2) is 9.52. The van der Waals surface area contributed by atoms with E-state index in [2.05, 4.69) is 47.9 Å². The Bertz CT molecular complexity index is 557. The molecule has 1 heterocycles. The molecule has 4 heteroatoms. The summed E-state index contributed by atoms with van der Waals surface area (Å²) < 4.78 is 0. The van der Waals surface area contributed by atoms with Crippen LogP contribution in [0.1, 0.15) is 50.2 Å². The molecular formula is C22H35N3O. The van der Waals surface area contributed by atoms with Crippen molar-refractivity contribution in [2.45, 2.75) is 58.5 Å². The number of carbonyl (C=O) groups excluding carboxylic acids is 1. The van der Waals surface area contributed by atoms with Crippen LogP contribution in [0, 0.1) is 6.92 Å². The Morgan fingerprint density at radius 2 is 1.73 bits per heavy atom. The number of carbonyl (C=O) groups is 1. The molecule has 0 bridgehead atoms. The lowest BCUT2D eigenvalue weighted by Gasteiger charge is -2.38. The fourth-order valence-electron chi connectivity index (χ4n) is 4.32. The van der Waals surface area contributed by atoms with E-state index >= 15 is 0 Å². The van der Waals surface area contributed by atoms with Crippen LogP contribution in [-0.4, -0.2) is 65.9 Å². The molecule has 0 atom stereocenters. The zero-order valence-electron chi connectivity index (χ0n) is 16.6. The summed E-state index contributed by atoms with van der Waals surface area (Å²) >= 11 is 0. The number of aryl methyl sites for hydroxylation is 1. The van der Waals surface area contributed by atoms with Crippen LogP contribution < -0.4 is 0 Å². The van der Waals surface area contributed by atoms with Gasteiger partial charge in [0.05, 0.1) is 6.54 Å². The molecule has 2 aliphatic rings. The molecule has 1 aliphatic carbocycles. The van der Waals surface area contributed by atoms with E-state index in [1.54, 1.807) is 0 Å². The molecule has 0 spiro atoms. The van der Waals surface area contributed by atoms with Crippen molar-refractivity contribution in [1.29, 1.82) is 0 Å². The lowest BCUT2D eigenvalue weighted by atomic mass is 10.1. The number of benzene rings is 1. The minimum Gasteiger partial charge on any atom is -0.337 e. The fraction of sp³-hybridized carbons (Fsp3) is 0.682. The first-order valence-corrected chi connectivity index (χ1v) is 10.5. The number of amides is 1. The molecule has 1 aromatic rings. The van der Waals surface area contributed by atoms with E-state index < -0.39 is 0 Å². The van der Waals surface area contributed by atoms with Gasteiger partial charge in [-0.1, -0.05) is 49.6 Å². The van der Waals surface area contributed by atoms with Crippen LogP contribution in [0.5, 0.6) is 0 Å². The van der Waals surface area contributed by atoms with Crippen LogP contribution in [0.2, 0.25) is 0 Å². The maximum absolute atomic E-state index is 12.9. The third kappa shape index (κ3) is 5.31. The predicted molar refractivity (Wildman–Crippen MR) is 107 cm³/mol. The number of rotatable bonds is 7. The zero-order chi connectivity index (χ0) is 18.4. The molecule has 2 fully saturated rings. The maximum atomic E-state index is 12.9. The topological polar surface area (TPSA) is 26.8 Å². The summed E-state index contributed by atoms with van der Waals surface area (Å²) in [7, 11) is 0. The minimum atomic E-state index is 0.279. The summed E-state index contributed by atoms with van der Waals surface area (Å²) in [5.41, 5.74) is 2.49. The normalized spacial score (nSPS) is 19.8. The Hall–Kier alpha value is -1.39. The molecule has 0 unspecified atom stereocenters. The standard InChI is InChI=1S/C22H35N3O/c1-3-12-25(17-20-10-8-19(2)9-11-20)22(26)18-23-13-15-24(16-14-23)21-6-4-5-7-21/h8-11,21H,3-7,12-18H2,1-2H3. The lowest BCUT2D eigenvalue weighted by molar-refractivity contribution is -0.133. The van der Waals surface area contributed by atoms with Crippen molar-refractivity contribution in [1.82, 2.24) is 14.7 Å². The van der Waals surface area contributed by atoms with Crippen LogP contribution >= 0.6 is 0 Å². The van der Waals surface area contributed by atoms with Crippen LogP contribution in [0.25, 0.3) is 0 Å². The monoisotopic (exact) mass is 357 g/mol. The van der Waals surface area contributed by atoms with Gasteiger partial charge in [0.2, 0.25) is 5.91 Å². The van der Waals surface area contributed by atoms with Gasteiger partial charge in [0.1, 0.15) is 0 Å². The van der Waals surface area contributed by atoms with Gasteiger partial charge in [0.15, 0.2) is 0 Å². The van der Waals surface area contributed by atoms with Gasteiger partial charge in [-0.05, 0) is 31.7 Å². The van der Waals surface area contributed by atoms with E-state index in [4.69, 9.17) is 0 Å². The summed E-state index contributed by atoms with van der Waals surface area (Å²) in [5.74, 6) is 0.279. The third-order valence-corrected chi connectivity index (χ3v) is 5.95. The molecule has 26 heavy (non-hydrogen) atoms. The third-order valence-electron chi connectivity index (χ3n) is 5.95. The Labute approximate surface area is 159 Å². The molecule has 1 aliphatic heterocycles. The van der Waals surface area contributed by atoms with Crippen LogP contribution in [-0.2, 0) is 11.3 Å². The second-order valence-electron chi connectivity index (χ2n) is 8.05. The second-order valence-corrected chi connectivity index (χ2v) is 8.05. The van der Waals surface area contributed by atoms with Crippen LogP contribution in [0.3, 0.4) is 0 Å². The van der Waals surface area contributed by atoms with Crippen molar-refractivity contribution in [3.05, 3.63) is 35.4 Å². The predicted octanol–water partition coefficient (Wildman–Crippen LogP) is 3.29. The number of nitrogens with zero attached hydrogens (tertiary/aromatic N) is 3. The van der Waals surface area contributed by atoms with Crippen molar-refractivity contribution in [2.24, 2.45) is 0 Å². The highest BCUT2D eigenvalue weighted by molar-refractivity contribution is 5.78. The molecular weight excluding hydrogens is 322 g/mol. The molecule has 1 saturated heterocycles. The van der Waals surface area contributed by atoms with Crippen molar-refractivity contribution >= 4 is 5.91 Å². The van der Waals surface area contributed by atoms with Gasteiger partial charge >= 0.3 is 0 Å².